The Kier molecular flexibility index (Phi) is 4.29. The summed E-state index contributed by atoms with van der Waals surface area (Å²) in [6.45, 7) is 3.45. The molecule has 3 rings (SSSR count). The van der Waals surface area contributed by atoms with Crippen molar-refractivity contribution in [3.05, 3.63) is 46.9 Å². The maximum Gasteiger partial charge on any atom is 0.289 e. The van der Waals surface area contributed by atoms with Gasteiger partial charge < -0.3 is 14.2 Å². The Labute approximate surface area is 137 Å². The lowest BCUT2D eigenvalue weighted by Crippen LogP contribution is -2.50. The first-order chi connectivity index (χ1) is 11.0. The lowest BCUT2D eigenvalue weighted by atomic mass is 10.2. The van der Waals surface area contributed by atoms with Gasteiger partial charge in [0.1, 0.15) is 16.7 Å². The second kappa shape index (κ2) is 6.37. The third kappa shape index (κ3) is 3.34. The highest BCUT2D eigenvalue weighted by Gasteiger charge is 2.27. The van der Waals surface area contributed by atoms with E-state index in [0.29, 0.717) is 37.8 Å². The Morgan fingerprint density at radius 2 is 1.78 bits per heavy atom. The van der Waals surface area contributed by atoms with Crippen molar-refractivity contribution in [1.82, 2.24) is 19.8 Å². The van der Waals surface area contributed by atoms with E-state index in [0.717, 1.165) is 0 Å². The molecule has 2 amide bonds. The van der Waals surface area contributed by atoms with E-state index in [1.54, 1.807) is 28.9 Å². The van der Waals surface area contributed by atoms with Gasteiger partial charge in [-0.05, 0) is 19.1 Å². The lowest BCUT2D eigenvalue weighted by Gasteiger charge is -2.34. The van der Waals surface area contributed by atoms with Crippen LogP contribution in [0.5, 0.6) is 0 Å². The summed E-state index contributed by atoms with van der Waals surface area (Å²) in [5.74, 6) is 0.390. The van der Waals surface area contributed by atoms with Crippen LogP contribution in [0.3, 0.4) is 0 Å². The van der Waals surface area contributed by atoms with Crippen molar-refractivity contribution < 1.29 is 14.0 Å². The molecule has 0 unspecified atom stereocenters. The predicted octanol–water partition coefficient (Wildman–Crippen LogP) is 1.63. The molecule has 7 nitrogen and oxygen atoms in total. The van der Waals surface area contributed by atoms with Gasteiger partial charge in [-0.15, -0.1) is 0 Å². The summed E-state index contributed by atoms with van der Waals surface area (Å²) in [6, 6.07) is 4.76. The zero-order valence-corrected chi connectivity index (χ0v) is 13.3. The van der Waals surface area contributed by atoms with Crippen molar-refractivity contribution in [2.75, 3.05) is 26.2 Å². The maximum absolute atomic E-state index is 12.5. The van der Waals surface area contributed by atoms with Crippen molar-refractivity contribution in [3.8, 4) is 0 Å². The summed E-state index contributed by atoms with van der Waals surface area (Å²) in [4.78, 5) is 36.0. The summed E-state index contributed by atoms with van der Waals surface area (Å²) < 4.78 is 5.12. The quantitative estimate of drug-likeness (QED) is 0.780. The normalized spacial score (nSPS) is 14.9. The molecule has 2 aromatic rings. The minimum atomic E-state index is -0.206. The van der Waals surface area contributed by atoms with E-state index in [1.807, 2.05) is 0 Å². The molecule has 0 bridgehead atoms. The highest BCUT2D eigenvalue weighted by molar-refractivity contribution is 6.29. The molecule has 1 saturated heterocycles. The molecule has 0 spiro atoms. The van der Waals surface area contributed by atoms with Gasteiger partial charge in [-0.2, -0.15) is 0 Å². The summed E-state index contributed by atoms with van der Waals surface area (Å²) in [7, 11) is 0. The number of piperazine rings is 1. The molecule has 0 aliphatic carbocycles. The van der Waals surface area contributed by atoms with Crippen LogP contribution in [0.2, 0.25) is 5.15 Å². The fraction of sp³-hybridized carbons (Fsp3) is 0.333. The van der Waals surface area contributed by atoms with Gasteiger partial charge in [-0.1, -0.05) is 11.6 Å². The van der Waals surface area contributed by atoms with Gasteiger partial charge in [0, 0.05) is 32.2 Å². The van der Waals surface area contributed by atoms with Crippen LogP contribution in [0, 0.1) is 6.92 Å². The molecular formula is C15H15ClN4O3. The van der Waals surface area contributed by atoms with E-state index in [1.165, 1.54) is 12.3 Å². The number of rotatable bonds is 2. The Bertz CT molecular complexity index is 704. The first-order valence-electron chi connectivity index (χ1n) is 7.18. The number of nitrogens with zero attached hydrogens (tertiary/aromatic N) is 4. The Hall–Kier alpha value is -2.41. The van der Waals surface area contributed by atoms with E-state index >= 15 is 0 Å². The van der Waals surface area contributed by atoms with Gasteiger partial charge in [-0.25, -0.2) is 9.97 Å². The van der Waals surface area contributed by atoms with Crippen LogP contribution >= 0.6 is 11.6 Å². The SMILES string of the molecule is Cc1nc(Cl)cc(C(=O)N2CCN(C(=O)c3ccco3)CC2)n1. The number of hydrogen-bond donors (Lipinski definition) is 0. The third-order valence-electron chi connectivity index (χ3n) is 3.61. The van der Waals surface area contributed by atoms with E-state index in [9.17, 15) is 9.59 Å². The monoisotopic (exact) mass is 334 g/mol. The molecule has 0 aromatic carbocycles. The molecule has 0 atom stereocenters. The molecule has 120 valence electrons. The number of carbonyl (C=O) groups excluding carboxylic acids is 2. The first kappa shape index (κ1) is 15.5. The zero-order chi connectivity index (χ0) is 16.4. The molecule has 1 fully saturated rings. The summed E-state index contributed by atoms with van der Waals surface area (Å²) >= 11 is 5.87. The minimum Gasteiger partial charge on any atom is -0.459 e. The highest BCUT2D eigenvalue weighted by atomic mass is 35.5. The summed E-state index contributed by atoms with van der Waals surface area (Å²) in [5.41, 5.74) is 0.272. The van der Waals surface area contributed by atoms with Crippen LogP contribution in [-0.2, 0) is 0 Å². The number of amides is 2. The smallest absolute Gasteiger partial charge is 0.289 e. The number of furan rings is 1. The summed E-state index contributed by atoms with van der Waals surface area (Å²) in [6.07, 6.45) is 1.47. The van der Waals surface area contributed by atoms with E-state index < -0.39 is 0 Å². The first-order valence-corrected chi connectivity index (χ1v) is 7.55. The van der Waals surface area contributed by atoms with Gasteiger partial charge in [-0.3, -0.25) is 9.59 Å². The molecular weight excluding hydrogens is 320 g/mol. The zero-order valence-electron chi connectivity index (χ0n) is 12.5. The van der Waals surface area contributed by atoms with Crippen molar-refractivity contribution in [3.63, 3.8) is 0 Å². The number of hydrogen-bond acceptors (Lipinski definition) is 5. The van der Waals surface area contributed by atoms with Gasteiger partial charge in [0.15, 0.2) is 5.76 Å². The maximum atomic E-state index is 12.5. The van der Waals surface area contributed by atoms with Crippen LogP contribution in [0.25, 0.3) is 0 Å². The largest absolute Gasteiger partial charge is 0.459 e. The molecule has 2 aromatic heterocycles. The number of carbonyl (C=O) groups is 2. The molecule has 8 heteroatoms. The second-order valence-electron chi connectivity index (χ2n) is 5.18. The van der Waals surface area contributed by atoms with Crippen molar-refractivity contribution >= 4 is 23.4 Å². The predicted molar refractivity (Wildman–Crippen MR) is 82.3 cm³/mol. The van der Waals surface area contributed by atoms with Crippen LogP contribution < -0.4 is 0 Å². The standard InChI is InChI=1S/C15H15ClN4O3/c1-10-17-11(9-13(16)18-10)14(21)19-4-6-20(7-5-19)15(22)12-3-2-8-23-12/h2-3,8-9H,4-7H2,1H3. The fourth-order valence-electron chi connectivity index (χ4n) is 2.47. The molecule has 0 radical (unpaired) electrons. The average Bonchev–Trinajstić information content (AvgIpc) is 3.07. The molecule has 0 N–H and O–H groups in total. The molecule has 1 aliphatic rings. The molecule has 1 aliphatic heterocycles. The van der Waals surface area contributed by atoms with Crippen LogP contribution in [0.4, 0.5) is 0 Å². The molecule has 0 saturated carbocycles. The van der Waals surface area contributed by atoms with Gasteiger partial charge in [0.05, 0.1) is 6.26 Å². The van der Waals surface area contributed by atoms with Crippen LogP contribution in [0.15, 0.2) is 28.9 Å². The van der Waals surface area contributed by atoms with Gasteiger partial charge >= 0.3 is 0 Å². The number of aryl methyl sites for hydroxylation is 1. The second-order valence-corrected chi connectivity index (χ2v) is 5.57. The molecule has 23 heavy (non-hydrogen) atoms. The van der Waals surface area contributed by atoms with Crippen molar-refractivity contribution in [2.45, 2.75) is 6.92 Å². The number of aromatic nitrogens is 2. The summed E-state index contributed by atoms with van der Waals surface area (Å²) in [5, 5.41) is 0.243. The molecule has 3 heterocycles. The topological polar surface area (TPSA) is 79.5 Å². The van der Waals surface area contributed by atoms with Crippen molar-refractivity contribution in [1.29, 1.82) is 0 Å². The highest BCUT2D eigenvalue weighted by Crippen LogP contribution is 2.13. The Balaban J connectivity index is 1.64. The van der Waals surface area contributed by atoms with Crippen molar-refractivity contribution in [2.24, 2.45) is 0 Å². The third-order valence-corrected chi connectivity index (χ3v) is 3.81. The lowest BCUT2D eigenvalue weighted by molar-refractivity contribution is 0.0515. The Morgan fingerprint density at radius 1 is 1.13 bits per heavy atom. The van der Waals surface area contributed by atoms with Gasteiger partial charge in [0.2, 0.25) is 0 Å². The van der Waals surface area contributed by atoms with Crippen LogP contribution in [-0.4, -0.2) is 57.8 Å². The van der Waals surface area contributed by atoms with Crippen LogP contribution in [0.1, 0.15) is 26.9 Å². The van der Waals surface area contributed by atoms with Gasteiger partial charge in [0.25, 0.3) is 11.8 Å². The Morgan fingerprint density at radius 3 is 2.35 bits per heavy atom. The van der Waals surface area contributed by atoms with E-state index in [4.69, 9.17) is 16.0 Å². The van der Waals surface area contributed by atoms with E-state index in [2.05, 4.69) is 9.97 Å². The fourth-order valence-corrected chi connectivity index (χ4v) is 2.70. The average molecular weight is 335 g/mol. The minimum absolute atomic E-state index is 0.164. The number of halogens is 1. The van der Waals surface area contributed by atoms with E-state index in [-0.39, 0.29) is 22.7 Å².